The van der Waals surface area contributed by atoms with E-state index < -0.39 is 5.60 Å². The highest BCUT2D eigenvalue weighted by Gasteiger charge is 2.38. The molecule has 2 heterocycles. The molecule has 2 aliphatic heterocycles. The topological polar surface area (TPSA) is 86.9 Å². The molecule has 1 atom stereocenters. The minimum atomic E-state index is -0.780. The summed E-state index contributed by atoms with van der Waals surface area (Å²) in [5.74, 6) is -0.128. The lowest BCUT2D eigenvalue weighted by molar-refractivity contribution is -0.140. The lowest BCUT2D eigenvalue weighted by atomic mass is 9.82. The number of hydrogen-bond donors (Lipinski definition) is 2. The molecule has 3 N–H and O–H groups in total. The molecule has 1 saturated carbocycles. The molecule has 6 heteroatoms. The van der Waals surface area contributed by atoms with Crippen molar-refractivity contribution in [2.45, 2.75) is 81.9 Å². The number of primary amides is 1. The molecule has 2 amide bonds. The van der Waals surface area contributed by atoms with Crippen molar-refractivity contribution < 1.29 is 14.7 Å². The first-order valence-electron chi connectivity index (χ1n) is 9.54. The molecule has 0 radical (unpaired) electrons. The maximum atomic E-state index is 12.6. The monoisotopic (exact) mass is 337 g/mol. The fourth-order valence-corrected chi connectivity index (χ4v) is 4.76. The van der Waals surface area contributed by atoms with E-state index in [-0.39, 0.29) is 24.3 Å². The molecule has 2 saturated heterocycles. The zero-order valence-corrected chi connectivity index (χ0v) is 14.6. The third-order valence-corrected chi connectivity index (χ3v) is 6.17. The van der Waals surface area contributed by atoms with Crippen LogP contribution in [0.5, 0.6) is 0 Å². The Bertz CT molecular complexity index is 468. The molecule has 1 unspecified atom stereocenters. The molecule has 0 bridgehead atoms. The van der Waals surface area contributed by atoms with Gasteiger partial charge in [0, 0.05) is 19.1 Å². The third-order valence-electron chi connectivity index (χ3n) is 6.17. The van der Waals surface area contributed by atoms with Gasteiger partial charge in [-0.2, -0.15) is 0 Å². The summed E-state index contributed by atoms with van der Waals surface area (Å²) < 4.78 is 0. The number of aliphatic hydroxyl groups is 1. The van der Waals surface area contributed by atoms with Crippen LogP contribution < -0.4 is 5.73 Å². The SMILES string of the molecule is NC(=O)C1CCCN1C1CCN(C(=O)CC2(O)CCCCC2)CC1. The van der Waals surface area contributed by atoms with E-state index in [0.29, 0.717) is 6.04 Å². The van der Waals surface area contributed by atoms with Crippen molar-refractivity contribution in [3.63, 3.8) is 0 Å². The molecule has 0 aromatic carbocycles. The van der Waals surface area contributed by atoms with E-state index in [1.165, 1.54) is 6.42 Å². The fourth-order valence-electron chi connectivity index (χ4n) is 4.76. The lowest BCUT2D eigenvalue weighted by Gasteiger charge is -2.40. The zero-order valence-electron chi connectivity index (χ0n) is 14.6. The van der Waals surface area contributed by atoms with Crippen molar-refractivity contribution in [1.29, 1.82) is 0 Å². The Morgan fingerprint density at radius 3 is 2.29 bits per heavy atom. The van der Waals surface area contributed by atoms with Gasteiger partial charge in [-0.05, 0) is 45.1 Å². The van der Waals surface area contributed by atoms with Crippen molar-refractivity contribution in [3.05, 3.63) is 0 Å². The maximum absolute atomic E-state index is 12.6. The molecule has 3 aliphatic rings. The highest BCUT2D eigenvalue weighted by atomic mass is 16.3. The summed E-state index contributed by atoms with van der Waals surface area (Å²) in [4.78, 5) is 28.3. The van der Waals surface area contributed by atoms with E-state index in [1.807, 2.05) is 4.90 Å². The highest BCUT2D eigenvalue weighted by Crippen LogP contribution is 2.32. The Morgan fingerprint density at radius 2 is 1.67 bits per heavy atom. The Morgan fingerprint density at radius 1 is 1.00 bits per heavy atom. The number of nitrogens with two attached hydrogens (primary N) is 1. The van der Waals surface area contributed by atoms with Crippen LogP contribution in [0.1, 0.15) is 64.2 Å². The van der Waals surface area contributed by atoms with Gasteiger partial charge in [-0.1, -0.05) is 19.3 Å². The molecule has 0 spiro atoms. The summed E-state index contributed by atoms with van der Waals surface area (Å²) in [5, 5.41) is 10.6. The maximum Gasteiger partial charge on any atom is 0.234 e. The standard InChI is InChI=1S/C18H31N3O3/c19-17(23)15-5-4-10-21(15)14-6-11-20(12-7-14)16(22)13-18(24)8-2-1-3-9-18/h14-15,24H,1-13H2,(H2,19,23). The van der Waals surface area contributed by atoms with Crippen LogP contribution in [-0.4, -0.2) is 64.0 Å². The minimum Gasteiger partial charge on any atom is -0.389 e. The molecule has 24 heavy (non-hydrogen) atoms. The molecule has 3 fully saturated rings. The van der Waals surface area contributed by atoms with Gasteiger partial charge in [0.15, 0.2) is 0 Å². The summed E-state index contributed by atoms with van der Waals surface area (Å²) in [6.45, 7) is 2.38. The van der Waals surface area contributed by atoms with Gasteiger partial charge in [-0.25, -0.2) is 0 Å². The summed E-state index contributed by atoms with van der Waals surface area (Å²) in [6, 6.07) is 0.229. The summed E-state index contributed by atoms with van der Waals surface area (Å²) in [5.41, 5.74) is 4.74. The van der Waals surface area contributed by atoms with Crippen molar-refractivity contribution in [2.75, 3.05) is 19.6 Å². The van der Waals surface area contributed by atoms with E-state index in [4.69, 9.17) is 5.73 Å². The van der Waals surface area contributed by atoms with Crippen LogP contribution in [0.3, 0.4) is 0 Å². The summed E-state index contributed by atoms with van der Waals surface area (Å²) >= 11 is 0. The number of nitrogens with zero attached hydrogens (tertiary/aromatic N) is 2. The minimum absolute atomic E-state index is 0.0886. The predicted octanol–water partition coefficient (Wildman–Crippen LogP) is 1.01. The van der Waals surface area contributed by atoms with Crippen LogP contribution in [-0.2, 0) is 9.59 Å². The van der Waals surface area contributed by atoms with Crippen LogP contribution in [0.15, 0.2) is 0 Å². The number of hydrogen-bond acceptors (Lipinski definition) is 4. The average Bonchev–Trinajstić information content (AvgIpc) is 3.05. The smallest absolute Gasteiger partial charge is 0.234 e. The molecule has 1 aliphatic carbocycles. The Balaban J connectivity index is 1.49. The zero-order chi connectivity index (χ0) is 17.2. The molecular weight excluding hydrogens is 306 g/mol. The molecule has 6 nitrogen and oxygen atoms in total. The Kier molecular flexibility index (Phi) is 5.45. The van der Waals surface area contributed by atoms with Gasteiger partial charge in [0.25, 0.3) is 0 Å². The van der Waals surface area contributed by atoms with Crippen LogP contribution in [0.4, 0.5) is 0 Å². The van der Waals surface area contributed by atoms with Crippen LogP contribution in [0, 0.1) is 0 Å². The van der Waals surface area contributed by atoms with Gasteiger partial charge in [0.1, 0.15) is 0 Å². The van der Waals surface area contributed by atoms with Crippen molar-refractivity contribution in [2.24, 2.45) is 5.73 Å². The van der Waals surface area contributed by atoms with Gasteiger partial charge in [0.05, 0.1) is 18.1 Å². The van der Waals surface area contributed by atoms with Crippen LogP contribution in [0.25, 0.3) is 0 Å². The largest absolute Gasteiger partial charge is 0.389 e. The second-order valence-corrected chi connectivity index (χ2v) is 7.87. The number of carbonyl (C=O) groups is 2. The van der Waals surface area contributed by atoms with E-state index in [0.717, 1.165) is 71.0 Å². The van der Waals surface area contributed by atoms with Crippen LogP contribution >= 0.6 is 0 Å². The summed E-state index contributed by atoms with van der Waals surface area (Å²) in [7, 11) is 0. The van der Waals surface area contributed by atoms with E-state index in [2.05, 4.69) is 4.90 Å². The quantitative estimate of drug-likeness (QED) is 0.802. The number of amides is 2. The van der Waals surface area contributed by atoms with Crippen molar-refractivity contribution in [3.8, 4) is 0 Å². The normalized spacial score (nSPS) is 28.9. The lowest BCUT2D eigenvalue weighted by Crippen LogP contribution is -2.52. The Hall–Kier alpha value is -1.14. The van der Waals surface area contributed by atoms with Gasteiger partial charge < -0.3 is 15.7 Å². The predicted molar refractivity (Wildman–Crippen MR) is 91.2 cm³/mol. The first-order valence-corrected chi connectivity index (χ1v) is 9.54. The van der Waals surface area contributed by atoms with Gasteiger partial charge in [-0.3, -0.25) is 14.5 Å². The second-order valence-electron chi connectivity index (χ2n) is 7.87. The first kappa shape index (κ1) is 17.7. The molecule has 136 valence electrons. The van der Waals surface area contributed by atoms with E-state index in [9.17, 15) is 14.7 Å². The molecule has 0 aromatic heterocycles. The van der Waals surface area contributed by atoms with Gasteiger partial charge in [-0.15, -0.1) is 0 Å². The van der Waals surface area contributed by atoms with Crippen molar-refractivity contribution in [1.82, 2.24) is 9.80 Å². The third kappa shape index (κ3) is 3.91. The number of likely N-dealkylation sites (tertiary alicyclic amines) is 2. The second kappa shape index (κ2) is 7.40. The van der Waals surface area contributed by atoms with Crippen LogP contribution in [0.2, 0.25) is 0 Å². The van der Waals surface area contributed by atoms with Crippen molar-refractivity contribution >= 4 is 11.8 Å². The van der Waals surface area contributed by atoms with E-state index >= 15 is 0 Å². The number of rotatable bonds is 4. The number of piperidine rings is 1. The Labute approximate surface area is 144 Å². The average molecular weight is 337 g/mol. The molecule has 3 rings (SSSR count). The first-order chi connectivity index (χ1) is 11.5. The van der Waals surface area contributed by atoms with Gasteiger partial charge >= 0.3 is 0 Å². The fraction of sp³-hybridized carbons (Fsp3) is 0.889. The highest BCUT2D eigenvalue weighted by molar-refractivity contribution is 5.80. The number of carbonyl (C=O) groups excluding carboxylic acids is 2. The van der Waals surface area contributed by atoms with Gasteiger partial charge in [0.2, 0.25) is 11.8 Å². The van der Waals surface area contributed by atoms with E-state index in [1.54, 1.807) is 0 Å². The summed E-state index contributed by atoms with van der Waals surface area (Å²) in [6.07, 6.45) is 8.67. The molecule has 0 aromatic rings. The molecular formula is C18H31N3O3.